The standard InChI is InChI=1S/C23H19NO3/c1-2-26-22(25)15-18-10-6-7-11-19(18)23-24-20-14-17(12-13-21(20)27-23)16-8-4-3-5-9-16/h3-14H,2,15H2,1H3. The first-order valence-electron chi connectivity index (χ1n) is 8.94. The van der Waals surface area contributed by atoms with Crippen LogP contribution >= 0.6 is 0 Å². The third-order valence-electron chi connectivity index (χ3n) is 4.38. The van der Waals surface area contributed by atoms with E-state index < -0.39 is 0 Å². The van der Waals surface area contributed by atoms with E-state index in [4.69, 9.17) is 9.15 Å². The molecule has 0 aliphatic rings. The molecule has 0 saturated heterocycles. The lowest BCUT2D eigenvalue weighted by Gasteiger charge is -2.06. The van der Waals surface area contributed by atoms with Crippen molar-refractivity contribution in [2.75, 3.05) is 6.61 Å². The van der Waals surface area contributed by atoms with E-state index >= 15 is 0 Å². The summed E-state index contributed by atoms with van der Waals surface area (Å²) < 4.78 is 11.0. The maximum absolute atomic E-state index is 11.9. The molecule has 0 aliphatic carbocycles. The number of esters is 1. The summed E-state index contributed by atoms with van der Waals surface area (Å²) >= 11 is 0. The molecule has 0 amide bonds. The SMILES string of the molecule is CCOC(=O)Cc1ccccc1-c1nc2cc(-c3ccccc3)ccc2o1. The summed E-state index contributed by atoms with van der Waals surface area (Å²) in [5.74, 6) is 0.252. The number of aromatic nitrogens is 1. The molecule has 134 valence electrons. The van der Waals surface area contributed by atoms with E-state index in [1.54, 1.807) is 6.92 Å². The van der Waals surface area contributed by atoms with Crippen LogP contribution < -0.4 is 0 Å². The second-order valence-corrected chi connectivity index (χ2v) is 6.21. The van der Waals surface area contributed by atoms with Gasteiger partial charge in [0.2, 0.25) is 5.89 Å². The van der Waals surface area contributed by atoms with Crippen LogP contribution in [0.1, 0.15) is 12.5 Å². The van der Waals surface area contributed by atoms with Gasteiger partial charge in [-0.2, -0.15) is 0 Å². The average molecular weight is 357 g/mol. The van der Waals surface area contributed by atoms with E-state index in [0.717, 1.165) is 33.4 Å². The number of nitrogens with zero attached hydrogens (tertiary/aromatic N) is 1. The van der Waals surface area contributed by atoms with Crippen molar-refractivity contribution >= 4 is 17.1 Å². The molecular weight excluding hydrogens is 338 g/mol. The van der Waals surface area contributed by atoms with Crippen LogP contribution in [0.15, 0.2) is 77.2 Å². The predicted molar refractivity (Wildman–Crippen MR) is 105 cm³/mol. The van der Waals surface area contributed by atoms with Gasteiger partial charge in [0.05, 0.1) is 13.0 Å². The molecule has 0 N–H and O–H groups in total. The summed E-state index contributed by atoms with van der Waals surface area (Å²) in [4.78, 5) is 16.6. The highest BCUT2D eigenvalue weighted by Gasteiger charge is 2.15. The molecule has 4 nitrogen and oxygen atoms in total. The van der Waals surface area contributed by atoms with Crippen LogP contribution in [0.2, 0.25) is 0 Å². The van der Waals surface area contributed by atoms with Crippen LogP contribution in [0.4, 0.5) is 0 Å². The van der Waals surface area contributed by atoms with Crippen molar-refractivity contribution in [3.63, 3.8) is 0 Å². The molecular formula is C23H19NO3. The number of rotatable bonds is 5. The van der Waals surface area contributed by atoms with E-state index in [-0.39, 0.29) is 12.4 Å². The molecule has 0 bridgehead atoms. The van der Waals surface area contributed by atoms with Crippen LogP contribution in [0.5, 0.6) is 0 Å². The van der Waals surface area contributed by atoms with Gasteiger partial charge in [0.1, 0.15) is 5.52 Å². The molecule has 4 aromatic rings. The van der Waals surface area contributed by atoms with E-state index in [1.165, 1.54) is 0 Å². The zero-order chi connectivity index (χ0) is 18.6. The molecule has 0 spiro atoms. The minimum atomic E-state index is -0.257. The van der Waals surface area contributed by atoms with Crippen molar-refractivity contribution < 1.29 is 13.9 Å². The van der Waals surface area contributed by atoms with Gasteiger partial charge in [-0.15, -0.1) is 0 Å². The Labute approximate surface area is 157 Å². The fraction of sp³-hybridized carbons (Fsp3) is 0.130. The summed E-state index contributed by atoms with van der Waals surface area (Å²) in [6.07, 6.45) is 0.192. The smallest absolute Gasteiger partial charge is 0.310 e. The molecule has 4 rings (SSSR count). The van der Waals surface area contributed by atoms with Crippen molar-refractivity contribution in [1.29, 1.82) is 0 Å². The molecule has 3 aromatic carbocycles. The summed E-state index contributed by atoms with van der Waals surface area (Å²) in [6.45, 7) is 2.17. The van der Waals surface area contributed by atoms with Crippen LogP contribution in [-0.4, -0.2) is 17.6 Å². The molecule has 0 atom stereocenters. The monoisotopic (exact) mass is 357 g/mol. The van der Waals surface area contributed by atoms with Crippen LogP contribution in [0.3, 0.4) is 0 Å². The third-order valence-corrected chi connectivity index (χ3v) is 4.38. The first-order chi connectivity index (χ1) is 13.2. The highest BCUT2D eigenvalue weighted by molar-refractivity contribution is 5.83. The molecule has 1 aromatic heterocycles. The summed E-state index contributed by atoms with van der Waals surface area (Å²) in [5.41, 5.74) is 5.37. The minimum Gasteiger partial charge on any atom is -0.466 e. The summed E-state index contributed by atoms with van der Waals surface area (Å²) in [7, 11) is 0. The van der Waals surface area contributed by atoms with Crippen molar-refractivity contribution in [2.45, 2.75) is 13.3 Å². The van der Waals surface area contributed by atoms with Gasteiger partial charge >= 0.3 is 5.97 Å². The van der Waals surface area contributed by atoms with Gasteiger partial charge in [-0.25, -0.2) is 4.98 Å². The highest BCUT2D eigenvalue weighted by atomic mass is 16.5. The van der Waals surface area contributed by atoms with Gasteiger partial charge in [-0.3, -0.25) is 4.79 Å². The molecule has 1 heterocycles. The van der Waals surface area contributed by atoms with Crippen molar-refractivity contribution in [2.24, 2.45) is 0 Å². The second kappa shape index (κ2) is 7.46. The molecule has 0 saturated carbocycles. The number of ether oxygens (including phenoxy) is 1. The quantitative estimate of drug-likeness (QED) is 0.457. The lowest BCUT2D eigenvalue weighted by Crippen LogP contribution is -2.08. The van der Waals surface area contributed by atoms with Gasteiger partial charge in [0.15, 0.2) is 5.58 Å². The van der Waals surface area contributed by atoms with E-state index in [1.807, 2.05) is 60.7 Å². The van der Waals surface area contributed by atoms with Crippen LogP contribution in [0, 0.1) is 0 Å². The molecule has 0 unspecified atom stereocenters. The number of fused-ring (bicyclic) bond motifs is 1. The van der Waals surface area contributed by atoms with Crippen molar-refractivity contribution in [1.82, 2.24) is 4.98 Å². The Balaban J connectivity index is 1.72. The number of carbonyl (C=O) groups excluding carboxylic acids is 1. The zero-order valence-electron chi connectivity index (χ0n) is 15.0. The number of hydrogen-bond donors (Lipinski definition) is 0. The Bertz CT molecular complexity index is 1080. The Morgan fingerprint density at radius 2 is 1.74 bits per heavy atom. The maximum atomic E-state index is 11.9. The van der Waals surface area contributed by atoms with Crippen molar-refractivity contribution in [3.8, 4) is 22.6 Å². The van der Waals surface area contributed by atoms with Gasteiger partial charge in [-0.05, 0) is 41.8 Å². The Kier molecular flexibility index (Phi) is 4.71. The summed E-state index contributed by atoms with van der Waals surface area (Å²) in [6, 6.07) is 23.8. The highest BCUT2D eigenvalue weighted by Crippen LogP contribution is 2.30. The Morgan fingerprint density at radius 1 is 0.963 bits per heavy atom. The number of carbonyl (C=O) groups is 1. The Morgan fingerprint density at radius 3 is 2.56 bits per heavy atom. The number of hydrogen-bond acceptors (Lipinski definition) is 4. The third kappa shape index (κ3) is 3.60. The maximum Gasteiger partial charge on any atom is 0.310 e. The zero-order valence-corrected chi connectivity index (χ0v) is 15.0. The van der Waals surface area contributed by atoms with Gasteiger partial charge in [-0.1, -0.05) is 54.6 Å². The number of benzene rings is 3. The normalized spacial score (nSPS) is 10.9. The first-order valence-corrected chi connectivity index (χ1v) is 8.94. The van der Waals surface area contributed by atoms with E-state index in [9.17, 15) is 4.79 Å². The lowest BCUT2D eigenvalue weighted by atomic mass is 10.0. The topological polar surface area (TPSA) is 52.3 Å². The summed E-state index contributed by atoms with van der Waals surface area (Å²) in [5, 5.41) is 0. The average Bonchev–Trinajstić information content (AvgIpc) is 3.12. The number of oxazole rings is 1. The van der Waals surface area contributed by atoms with Gasteiger partial charge in [0, 0.05) is 5.56 Å². The predicted octanol–water partition coefficient (Wildman–Crippen LogP) is 5.27. The molecule has 0 fully saturated rings. The van der Waals surface area contributed by atoms with Gasteiger partial charge < -0.3 is 9.15 Å². The first kappa shape index (κ1) is 17.0. The lowest BCUT2D eigenvalue weighted by molar-refractivity contribution is -0.142. The largest absolute Gasteiger partial charge is 0.466 e. The minimum absolute atomic E-state index is 0.192. The Hall–Kier alpha value is -3.40. The van der Waals surface area contributed by atoms with Crippen molar-refractivity contribution in [3.05, 3.63) is 78.4 Å². The molecule has 4 heteroatoms. The fourth-order valence-corrected chi connectivity index (χ4v) is 3.10. The molecule has 0 aliphatic heterocycles. The van der Waals surface area contributed by atoms with E-state index in [0.29, 0.717) is 12.5 Å². The fourth-order valence-electron chi connectivity index (χ4n) is 3.10. The molecule has 27 heavy (non-hydrogen) atoms. The molecule has 0 radical (unpaired) electrons. The van der Waals surface area contributed by atoms with Crippen LogP contribution in [0.25, 0.3) is 33.7 Å². The van der Waals surface area contributed by atoms with Crippen LogP contribution in [-0.2, 0) is 16.0 Å². The van der Waals surface area contributed by atoms with E-state index in [2.05, 4.69) is 17.1 Å². The van der Waals surface area contributed by atoms with Gasteiger partial charge in [0.25, 0.3) is 0 Å². The second-order valence-electron chi connectivity index (χ2n) is 6.21.